The van der Waals surface area contributed by atoms with Gasteiger partial charge in [-0.3, -0.25) is 4.79 Å². The fraction of sp³-hybridized carbons (Fsp3) is 0.333. The lowest BCUT2D eigenvalue weighted by Crippen LogP contribution is -2.23. The first-order valence-corrected chi connectivity index (χ1v) is 11.9. The summed E-state index contributed by atoms with van der Waals surface area (Å²) in [7, 11) is 0. The number of nitrogens with one attached hydrogen (secondary N) is 1. The molecule has 1 amide bonds. The Bertz CT molecular complexity index is 830. The molecule has 0 radical (unpaired) electrons. The molecule has 1 aromatic rings. The second kappa shape index (κ2) is 34.9. The van der Waals surface area contributed by atoms with Gasteiger partial charge in [-0.2, -0.15) is 5.26 Å². The summed E-state index contributed by atoms with van der Waals surface area (Å²) in [6.45, 7) is 23.6. The van der Waals surface area contributed by atoms with Crippen LogP contribution in [-0.4, -0.2) is 42.9 Å². The highest BCUT2D eigenvalue weighted by Gasteiger charge is 1.92. The van der Waals surface area contributed by atoms with E-state index in [0.29, 0.717) is 13.2 Å². The van der Waals surface area contributed by atoms with Crippen LogP contribution < -0.4 is 5.32 Å². The first-order chi connectivity index (χ1) is 18.1. The van der Waals surface area contributed by atoms with Crippen LogP contribution in [0.25, 0.3) is 6.08 Å². The zero-order chi connectivity index (χ0) is 30.0. The fourth-order valence-electron chi connectivity index (χ4n) is 1.48. The van der Waals surface area contributed by atoms with Gasteiger partial charge in [-0.05, 0) is 31.4 Å². The number of benzene rings is 1. The molecule has 8 nitrogen and oxygen atoms in total. The standard InChI is InChI=1S/C8H15NO2.C8H8.C7H12O2.C4H6O2.C3H3N/c1-3-5-6-11-7-9-8(10)4-2;1-2-8-6-4-3-5-7-8;1-3-5-6-9-7(8)4-2;1-3(2)4(5)6;1-2-3-4/h4H,2-3,5-7H2,1H3,(H,9,10);2-7H,1H2;4H,2-3,5-6H2,1H3;1H2,2H3,(H,5,6);2H,1H2. The Labute approximate surface area is 228 Å². The van der Waals surface area contributed by atoms with Gasteiger partial charge in [0.1, 0.15) is 6.73 Å². The summed E-state index contributed by atoms with van der Waals surface area (Å²) in [5.74, 6) is -1.46. The van der Waals surface area contributed by atoms with Crippen LogP contribution in [0.5, 0.6) is 0 Å². The molecule has 0 fully saturated rings. The van der Waals surface area contributed by atoms with Crippen LogP contribution >= 0.6 is 0 Å². The number of unbranched alkanes of at least 4 members (excludes halogenated alkanes) is 2. The van der Waals surface area contributed by atoms with Crippen molar-refractivity contribution >= 4 is 23.9 Å². The second-order valence-corrected chi connectivity index (χ2v) is 6.91. The monoisotopic (exact) mass is 528 g/mol. The molecular weight excluding hydrogens is 484 g/mol. The third kappa shape index (κ3) is 42.0. The van der Waals surface area contributed by atoms with Gasteiger partial charge in [-0.25, -0.2) is 9.59 Å². The van der Waals surface area contributed by atoms with Crippen molar-refractivity contribution in [2.24, 2.45) is 0 Å². The quantitative estimate of drug-likeness (QED) is 0.108. The van der Waals surface area contributed by atoms with E-state index in [2.05, 4.69) is 49.9 Å². The number of carboxylic acid groups (broad SMARTS) is 1. The zero-order valence-corrected chi connectivity index (χ0v) is 23.1. The molecule has 1 aromatic carbocycles. The van der Waals surface area contributed by atoms with Crippen molar-refractivity contribution in [3.8, 4) is 6.07 Å². The van der Waals surface area contributed by atoms with Crippen molar-refractivity contribution in [1.29, 1.82) is 5.26 Å². The van der Waals surface area contributed by atoms with Crippen LogP contribution in [0.4, 0.5) is 0 Å². The number of amides is 1. The molecular formula is C30H44N2O6. The number of carbonyl (C=O) groups is 3. The molecule has 0 aliphatic heterocycles. The van der Waals surface area contributed by atoms with Gasteiger partial charge in [0.05, 0.1) is 12.7 Å². The minimum atomic E-state index is -0.935. The highest BCUT2D eigenvalue weighted by Crippen LogP contribution is 1.97. The third-order valence-corrected chi connectivity index (χ3v) is 3.58. The predicted molar refractivity (Wildman–Crippen MR) is 155 cm³/mol. The number of carboxylic acids is 1. The van der Waals surface area contributed by atoms with E-state index in [1.807, 2.05) is 43.3 Å². The number of rotatable bonds is 12. The minimum Gasteiger partial charge on any atom is -0.478 e. The normalized spacial score (nSPS) is 8.05. The van der Waals surface area contributed by atoms with Gasteiger partial charge in [-0.15, -0.1) is 0 Å². The summed E-state index contributed by atoms with van der Waals surface area (Å²) in [6, 6.07) is 11.7. The van der Waals surface area contributed by atoms with Crippen LogP contribution in [0.15, 0.2) is 87.0 Å². The van der Waals surface area contributed by atoms with Gasteiger partial charge in [0.2, 0.25) is 5.91 Å². The average molecular weight is 529 g/mol. The average Bonchev–Trinajstić information content (AvgIpc) is 2.94. The summed E-state index contributed by atoms with van der Waals surface area (Å²) >= 11 is 0. The lowest BCUT2D eigenvalue weighted by atomic mass is 10.2. The third-order valence-electron chi connectivity index (χ3n) is 3.58. The maximum atomic E-state index is 10.5. The fourth-order valence-corrected chi connectivity index (χ4v) is 1.48. The number of allylic oxidation sites excluding steroid dienone is 1. The minimum absolute atomic E-state index is 0.176. The Morgan fingerprint density at radius 3 is 1.84 bits per heavy atom. The van der Waals surface area contributed by atoms with Gasteiger partial charge < -0.3 is 19.9 Å². The highest BCUT2D eigenvalue weighted by atomic mass is 16.5. The topological polar surface area (TPSA) is 126 Å². The van der Waals surface area contributed by atoms with E-state index < -0.39 is 5.97 Å². The molecule has 0 saturated heterocycles. The molecule has 0 spiro atoms. The van der Waals surface area contributed by atoms with Gasteiger partial charge >= 0.3 is 11.9 Å². The van der Waals surface area contributed by atoms with E-state index in [-0.39, 0.29) is 24.2 Å². The molecule has 0 aliphatic rings. The summed E-state index contributed by atoms with van der Waals surface area (Å²) in [6.07, 6.45) is 9.53. The van der Waals surface area contributed by atoms with Crippen LogP contribution in [0.3, 0.4) is 0 Å². The summed E-state index contributed by atoms with van der Waals surface area (Å²) in [5.41, 5.74) is 1.35. The SMILES string of the molecule is C=C(C)C(=O)O.C=CC#N.C=CC(=O)NCOCCCC.C=CC(=O)OCCCC.C=Cc1ccccc1. The number of hydrogen-bond acceptors (Lipinski definition) is 6. The van der Waals surface area contributed by atoms with Crippen molar-refractivity contribution in [3.05, 3.63) is 92.6 Å². The lowest BCUT2D eigenvalue weighted by Gasteiger charge is -2.02. The molecule has 1 rings (SSSR count). The van der Waals surface area contributed by atoms with E-state index in [0.717, 1.165) is 25.7 Å². The molecule has 0 aliphatic carbocycles. The van der Waals surface area contributed by atoms with E-state index in [4.69, 9.17) is 15.1 Å². The molecule has 38 heavy (non-hydrogen) atoms. The second-order valence-electron chi connectivity index (χ2n) is 6.91. The van der Waals surface area contributed by atoms with Gasteiger partial charge in [0, 0.05) is 24.3 Å². The molecule has 0 bridgehead atoms. The van der Waals surface area contributed by atoms with Gasteiger partial charge in [0.15, 0.2) is 0 Å². The van der Waals surface area contributed by atoms with Crippen molar-refractivity contribution in [2.75, 3.05) is 19.9 Å². The summed E-state index contributed by atoms with van der Waals surface area (Å²) < 4.78 is 9.74. The van der Waals surface area contributed by atoms with Crippen LogP contribution in [0, 0.1) is 11.3 Å². The van der Waals surface area contributed by atoms with E-state index in [9.17, 15) is 14.4 Å². The molecule has 8 heteroatoms. The molecule has 0 saturated carbocycles. The Kier molecular flexibility index (Phi) is 37.6. The largest absolute Gasteiger partial charge is 0.478 e. The number of ether oxygens (including phenoxy) is 2. The number of esters is 1. The number of carbonyl (C=O) groups excluding carboxylic acids is 2. The Balaban J connectivity index is -0.000000197. The predicted octanol–water partition coefficient (Wildman–Crippen LogP) is 6.25. The van der Waals surface area contributed by atoms with Crippen molar-refractivity contribution in [2.45, 2.75) is 46.5 Å². The summed E-state index contributed by atoms with van der Waals surface area (Å²) in [5, 5.41) is 17.9. The van der Waals surface area contributed by atoms with Gasteiger partial charge in [0.25, 0.3) is 0 Å². The van der Waals surface area contributed by atoms with Crippen molar-refractivity contribution in [3.63, 3.8) is 0 Å². The lowest BCUT2D eigenvalue weighted by molar-refractivity contribution is -0.138. The molecule has 2 N–H and O–H groups in total. The number of nitriles is 1. The van der Waals surface area contributed by atoms with Gasteiger partial charge in [-0.1, -0.05) is 96.0 Å². The summed E-state index contributed by atoms with van der Waals surface area (Å²) in [4.78, 5) is 30.5. The molecule has 0 heterocycles. The van der Waals surface area contributed by atoms with Crippen LogP contribution in [-0.2, 0) is 23.9 Å². The number of nitrogens with zero attached hydrogens (tertiary/aromatic N) is 1. The first kappa shape index (κ1) is 40.9. The Hall–Kier alpha value is -4.22. The van der Waals surface area contributed by atoms with Crippen LogP contribution in [0.1, 0.15) is 52.0 Å². The van der Waals surface area contributed by atoms with E-state index in [1.54, 1.807) is 6.07 Å². The number of hydrogen-bond donors (Lipinski definition) is 2. The Morgan fingerprint density at radius 2 is 1.50 bits per heavy atom. The van der Waals surface area contributed by atoms with Crippen molar-refractivity contribution in [1.82, 2.24) is 5.32 Å². The maximum absolute atomic E-state index is 10.5. The number of aliphatic carboxylic acids is 1. The molecule has 0 unspecified atom stereocenters. The molecule has 0 aromatic heterocycles. The van der Waals surface area contributed by atoms with Crippen molar-refractivity contribution < 1.29 is 29.0 Å². The van der Waals surface area contributed by atoms with E-state index >= 15 is 0 Å². The highest BCUT2D eigenvalue weighted by molar-refractivity contribution is 5.86. The first-order valence-electron chi connectivity index (χ1n) is 11.9. The molecule has 210 valence electrons. The van der Waals surface area contributed by atoms with Crippen LogP contribution in [0.2, 0.25) is 0 Å². The molecule has 0 atom stereocenters. The maximum Gasteiger partial charge on any atom is 0.330 e. The Morgan fingerprint density at radius 1 is 1.00 bits per heavy atom. The zero-order valence-electron chi connectivity index (χ0n) is 23.1. The van der Waals surface area contributed by atoms with E-state index in [1.165, 1.54) is 30.7 Å². The smallest absolute Gasteiger partial charge is 0.330 e.